The van der Waals surface area contributed by atoms with Crippen LogP contribution in [-0.4, -0.2) is 39.3 Å². The first kappa shape index (κ1) is 18.3. The number of carbonyl (C=O) groups excluding carboxylic acids is 1. The molecule has 1 atom stereocenters. The molecule has 3 rings (SSSR count). The van der Waals surface area contributed by atoms with Gasteiger partial charge in [0.15, 0.2) is 21.3 Å². The lowest BCUT2D eigenvalue weighted by atomic mass is 10.2. The van der Waals surface area contributed by atoms with Crippen molar-refractivity contribution in [2.24, 2.45) is 0 Å². The van der Waals surface area contributed by atoms with E-state index in [9.17, 15) is 13.2 Å². The van der Waals surface area contributed by atoms with E-state index in [-0.39, 0.29) is 30.6 Å². The molecule has 138 valence electrons. The van der Waals surface area contributed by atoms with Crippen molar-refractivity contribution in [3.63, 3.8) is 0 Å². The molecular weight excluding hydrogens is 354 g/mol. The Bertz CT molecular complexity index is 851. The summed E-state index contributed by atoms with van der Waals surface area (Å²) in [6.45, 7) is 0.406. The lowest BCUT2D eigenvalue weighted by Crippen LogP contribution is -2.44. The van der Waals surface area contributed by atoms with E-state index in [0.29, 0.717) is 17.9 Å². The van der Waals surface area contributed by atoms with Crippen LogP contribution in [0.5, 0.6) is 11.5 Å². The highest BCUT2D eigenvalue weighted by Crippen LogP contribution is 2.30. The van der Waals surface area contributed by atoms with Crippen LogP contribution in [0.15, 0.2) is 54.6 Å². The van der Waals surface area contributed by atoms with Crippen molar-refractivity contribution in [1.29, 1.82) is 0 Å². The zero-order valence-electron chi connectivity index (χ0n) is 14.3. The van der Waals surface area contributed by atoms with E-state index in [1.165, 1.54) is 0 Å². The van der Waals surface area contributed by atoms with Crippen LogP contribution in [0, 0.1) is 0 Å². The number of para-hydroxylation sites is 2. The van der Waals surface area contributed by atoms with Crippen molar-refractivity contribution < 1.29 is 22.7 Å². The summed E-state index contributed by atoms with van der Waals surface area (Å²) >= 11 is 0. The summed E-state index contributed by atoms with van der Waals surface area (Å²) in [5, 5.41) is 2.71. The molecule has 1 amide bonds. The van der Waals surface area contributed by atoms with Gasteiger partial charge in [0.05, 0.1) is 11.5 Å². The van der Waals surface area contributed by atoms with Gasteiger partial charge in [-0.1, -0.05) is 42.5 Å². The molecule has 0 saturated heterocycles. The third kappa shape index (κ3) is 4.98. The van der Waals surface area contributed by atoms with Gasteiger partial charge in [0, 0.05) is 6.54 Å². The number of hydrogen-bond donors (Lipinski definition) is 1. The van der Waals surface area contributed by atoms with Crippen LogP contribution in [0.2, 0.25) is 0 Å². The van der Waals surface area contributed by atoms with Gasteiger partial charge >= 0.3 is 0 Å². The standard InChI is InChI=1S/C19H21NO5S/c21-19(18-13-24-16-9-4-5-10-17(16)25-18)20-11-6-12-26(22,23)14-15-7-2-1-3-8-15/h1-5,7-10,18H,6,11-14H2,(H,20,21)/t18-/m1/s1. The smallest absolute Gasteiger partial charge is 0.264 e. The number of amides is 1. The number of nitrogens with one attached hydrogen (secondary N) is 1. The van der Waals surface area contributed by atoms with Gasteiger partial charge in [0.25, 0.3) is 5.91 Å². The summed E-state index contributed by atoms with van der Waals surface area (Å²) in [6.07, 6.45) is -0.378. The van der Waals surface area contributed by atoms with Crippen LogP contribution >= 0.6 is 0 Å². The Labute approximate surface area is 153 Å². The first-order valence-corrected chi connectivity index (χ1v) is 10.3. The van der Waals surface area contributed by atoms with Crippen LogP contribution in [-0.2, 0) is 20.4 Å². The average molecular weight is 375 g/mol. The fourth-order valence-corrected chi connectivity index (χ4v) is 4.10. The summed E-state index contributed by atoms with van der Waals surface area (Å²) < 4.78 is 35.4. The molecule has 1 N–H and O–H groups in total. The van der Waals surface area contributed by atoms with Gasteiger partial charge in [-0.25, -0.2) is 8.42 Å². The average Bonchev–Trinajstić information content (AvgIpc) is 2.65. The first-order valence-electron chi connectivity index (χ1n) is 8.44. The third-order valence-corrected chi connectivity index (χ3v) is 5.65. The lowest BCUT2D eigenvalue weighted by molar-refractivity contribution is -0.130. The molecule has 1 aliphatic heterocycles. The second-order valence-electron chi connectivity index (χ2n) is 6.09. The molecule has 0 aromatic heterocycles. The maximum Gasteiger partial charge on any atom is 0.264 e. The Balaban J connectivity index is 1.42. The van der Waals surface area contributed by atoms with Gasteiger partial charge < -0.3 is 14.8 Å². The summed E-state index contributed by atoms with van der Waals surface area (Å²) in [5.41, 5.74) is 0.767. The van der Waals surface area contributed by atoms with E-state index in [1.807, 2.05) is 24.3 Å². The summed E-state index contributed by atoms with van der Waals surface area (Å²) in [6, 6.07) is 16.2. The Morgan fingerprint density at radius 2 is 1.73 bits per heavy atom. The summed E-state index contributed by atoms with van der Waals surface area (Å²) in [7, 11) is -3.20. The van der Waals surface area contributed by atoms with Crippen LogP contribution < -0.4 is 14.8 Å². The van der Waals surface area contributed by atoms with E-state index in [1.54, 1.807) is 30.3 Å². The Hall–Kier alpha value is -2.54. The SMILES string of the molecule is O=C(NCCCS(=O)(=O)Cc1ccccc1)[C@H]1COc2ccccc2O1. The highest BCUT2D eigenvalue weighted by Gasteiger charge is 2.26. The normalized spacial score (nSPS) is 16.1. The van der Waals surface area contributed by atoms with E-state index in [0.717, 1.165) is 5.56 Å². The molecule has 6 nitrogen and oxygen atoms in total. The van der Waals surface area contributed by atoms with E-state index < -0.39 is 15.9 Å². The molecule has 1 heterocycles. The van der Waals surface area contributed by atoms with Crippen LogP contribution in [0.3, 0.4) is 0 Å². The van der Waals surface area contributed by atoms with Gasteiger partial charge in [-0.05, 0) is 24.1 Å². The molecule has 0 bridgehead atoms. The number of ether oxygens (including phenoxy) is 2. The Kier molecular flexibility index (Phi) is 5.78. The molecule has 7 heteroatoms. The maximum atomic E-state index is 12.2. The number of sulfone groups is 1. The van der Waals surface area contributed by atoms with E-state index in [4.69, 9.17) is 9.47 Å². The van der Waals surface area contributed by atoms with Crippen molar-refractivity contribution in [1.82, 2.24) is 5.32 Å². The number of benzene rings is 2. The van der Waals surface area contributed by atoms with E-state index >= 15 is 0 Å². The van der Waals surface area contributed by atoms with Crippen molar-refractivity contribution in [3.05, 3.63) is 60.2 Å². The van der Waals surface area contributed by atoms with Crippen molar-refractivity contribution >= 4 is 15.7 Å². The molecule has 1 aliphatic rings. The topological polar surface area (TPSA) is 81.7 Å². The Morgan fingerprint density at radius 3 is 2.50 bits per heavy atom. The minimum atomic E-state index is -3.20. The number of rotatable bonds is 7. The highest BCUT2D eigenvalue weighted by atomic mass is 32.2. The third-order valence-electron chi connectivity index (χ3n) is 3.96. The maximum absolute atomic E-state index is 12.2. The predicted molar refractivity (Wildman–Crippen MR) is 97.9 cm³/mol. The summed E-state index contributed by atoms with van der Waals surface area (Å²) in [4.78, 5) is 12.2. The molecule has 2 aromatic carbocycles. The lowest BCUT2D eigenvalue weighted by Gasteiger charge is -2.25. The van der Waals surface area contributed by atoms with Gasteiger partial charge in [0.1, 0.15) is 6.61 Å². The molecule has 0 fully saturated rings. The van der Waals surface area contributed by atoms with Crippen molar-refractivity contribution in [2.75, 3.05) is 18.9 Å². The molecule has 26 heavy (non-hydrogen) atoms. The number of fused-ring (bicyclic) bond motifs is 1. The molecule has 0 saturated carbocycles. The molecule has 0 spiro atoms. The van der Waals surface area contributed by atoms with E-state index in [2.05, 4.69) is 5.32 Å². The minimum absolute atomic E-state index is 0.0121. The molecule has 0 unspecified atom stereocenters. The first-order chi connectivity index (χ1) is 12.5. The van der Waals surface area contributed by atoms with Crippen molar-refractivity contribution in [2.45, 2.75) is 18.3 Å². The van der Waals surface area contributed by atoms with Gasteiger partial charge in [-0.2, -0.15) is 0 Å². The predicted octanol–water partition coefficient (Wildman–Crippen LogP) is 1.95. The number of hydrogen-bond acceptors (Lipinski definition) is 5. The van der Waals surface area contributed by atoms with Gasteiger partial charge in [-0.3, -0.25) is 4.79 Å². The highest BCUT2D eigenvalue weighted by molar-refractivity contribution is 7.90. The summed E-state index contributed by atoms with van der Waals surface area (Å²) in [5.74, 6) is 0.874. The van der Waals surface area contributed by atoms with Gasteiger partial charge in [0.2, 0.25) is 6.10 Å². The fourth-order valence-electron chi connectivity index (χ4n) is 2.67. The second kappa shape index (κ2) is 8.23. The van der Waals surface area contributed by atoms with Crippen LogP contribution in [0.25, 0.3) is 0 Å². The monoisotopic (exact) mass is 375 g/mol. The minimum Gasteiger partial charge on any atom is -0.485 e. The van der Waals surface area contributed by atoms with Gasteiger partial charge in [-0.15, -0.1) is 0 Å². The van der Waals surface area contributed by atoms with Crippen LogP contribution in [0.4, 0.5) is 0 Å². The quantitative estimate of drug-likeness (QED) is 0.748. The molecule has 2 aromatic rings. The zero-order valence-corrected chi connectivity index (χ0v) is 15.1. The number of carbonyl (C=O) groups is 1. The molecule has 0 aliphatic carbocycles. The zero-order chi connectivity index (χ0) is 18.4. The Morgan fingerprint density at radius 1 is 1.04 bits per heavy atom. The second-order valence-corrected chi connectivity index (χ2v) is 8.27. The van der Waals surface area contributed by atoms with Crippen LogP contribution in [0.1, 0.15) is 12.0 Å². The van der Waals surface area contributed by atoms with Crippen molar-refractivity contribution in [3.8, 4) is 11.5 Å². The molecule has 0 radical (unpaired) electrons. The fraction of sp³-hybridized carbons (Fsp3) is 0.316. The largest absolute Gasteiger partial charge is 0.485 e. The molecular formula is C19H21NO5S.